The van der Waals surface area contributed by atoms with Gasteiger partial charge in [0.1, 0.15) is 0 Å². The molecule has 1 rings (SSSR count). The summed E-state index contributed by atoms with van der Waals surface area (Å²) >= 11 is 0. The highest BCUT2D eigenvalue weighted by atomic mass is 19.1. The van der Waals surface area contributed by atoms with Gasteiger partial charge in [0.25, 0.3) is 0 Å². The van der Waals surface area contributed by atoms with E-state index in [2.05, 4.69) is 4.74 Å². The van der Waals surface area contributed by atoms with Gasteiger partial charge in [0, 0.05) is 0 Å². The summed E-state index contributed by atoms with van der Waals surface area (Å²) in [5.41, 5.74) is 8.33. The van der Waals surface area contributed by atoms with Crippen LogP contribution in [-0.4, -0.2) is 18.7 Å². The average Bonchev–Trinajstić information content (AvgIpc) is 2.27. The smallest absolute Gasteiger partial charge is 0.342 e. The largest absolute Gasteiger partial charge is 0.464 e. The van der Waals surface area contributed by atoms with Crippen molar-refractivity contribution in [3.8, 4) is 0 Å². The monoisotopic (exact) mass is 239 g/mol. The molecule has 2 atom stereocenters. The minimum Gasteiger partial charge on any atom is -0.464 e. The van der Waals surface area contributed by atoms with Gasteiger partial charge in [-0.2, -0.15) is 0 Å². The topological polar surface area (TPSA) is 52.3 Å². The average molecular weight is 239 g/mol. The number of hydrogen-bond acceptors (Lipinski definition) is 3. The Labute approximate surface area is 101 Å². The number of rotatable bonds is 4. The van der Waals surface area contributed by atoms with Crippen molar-refractivity contribution in [3.05, 3.63) is 34.9 Å². The normalized spacial score (nSPS) is 14.2. The summed E-state index contributed by atoms with van der Waals surface area (Å²) in [4.78, 5) is 11.3. The molecule has 0 amide bonds. The van der Waals surface area contributed by atoms with Gasteiger partial charge in [0.15, 0.2) is 0 Å². The van der Waals surface area contributed by atoms with Gasteiger partial charge in [-0.05, 0) is 31.9 Å². The van der Waals surface area contributed by atoms with Crippen molar-refractivity contribution in [1.82, 2.24) is 0 Å². The van der Waals surface area contributed by atoms with E-state index in [1.807, 2.05) is 26.0 Å². The van der Waals surface area contributed by atoms with Crippen molar-refractivity contribution < 1.29 is 13.9 Å². The van der Waals surface area contributed by atoms with Crippen LogP contribution in [0.2, 0.25) is 0 Å². The van der Waals surface area contributed by atoms with Crippen LogP contribution in [0.25, 0.3) is 0 Å². The molecule has 0 heterocycles. The number of aryl methyl sites for hydroxylation is 2. The fraction of sp³-hybridized carbons (Fsp3) is 0.462. The van der Waals surface area contributed by atoms with Crippen molar-refractivity contribution in [1.29, 1.82) is 0 Å². The molecule has 0 aliphatic carbocycles. The molecule has 1 aromatic rings. The van der Waals surface area contributed by atoms with Crippen LogP contribution >= 0.6 is 0 Å². The van der Waals surface area contributed by atoms with Crippen LogP contribution in [0.1, 0.15) is 29.7 Å². The first kappa shape index (κ1) is 13.6. The van der Waals surface area contributed by atoms with Crippen LogP contribution in [0.4, 0.5) is 4.39 Å². The first-order valence-electron chi connectivity index (χ1n) is 5.60. The van der Waals surface area contributed by atoms with Crippen molar-refractivity contribution in [3.63, 3.8) is 0 Å². The first-order valence-corrected chi connectivity index (χ1v) is 5.60. The maximum atomic E-state index is 13.7. The summed E-state index contributed by atoms with van der Waals surface area (Å²) in [7, 11) is 0. The summed E-state index contributed by atoms with van der Waals surface area (Å²) in [5, 5.41) is 0. The van der Waals surface area contributed by atoms with E-state index in [0.29, 0.717) is 5.56 Å². The molecular weight excluding hydrogens is 221 g/mol. The van der Waals surface area contributed by atoms with E-state index in [0.717, 1.165) is 11.1 Å². The zero-order chi connectivity index (χ0) is 13.0. The van der Waals surface area contributed by atoms with Gasteiger partial charge in [0.2, 0.25) is 6.17 Å². The molecule has 3 nitrogen and oxygen atoms in total. The maximum absolute atomic E-state index is 13.7. The highest BCUT2D eigenvalue weighted by Gasteiger charge is 2.28. The lowest BCUT2D eigenvalue weighted by atomic mass is 9.97. The molecule has 17 heavy (non-hydrogen) atoms. The Hall–Kier alpha value is -1.42. The molecule has 1 aromatic carbocycles. The summed E-state index contributed by atoms with van der Waals surface area (Å²) in [5.74, 6) is -0.903. The molecule has 4 heteroatoms. The molecular formula is C13H18FNO2. The third kappa shape index (κ3) is 3.27. The van der Waals surface area contributed by atoms with Crippen LogP contribution in [0, 0.1) is 13.8 Å². The number of carbonyl (C=O) groups excluding carboxylic acids is 1. The van der Waals surface area contributed by atoms with Crippen molar-refractivity contribution in [2.45, 2.75) is 33.0 Å². The second-order valence-electron chi connectivity index (χ2n) is 4.04. The lowest BCUT2D eigenvalue weighted by Crippen LogP contribution is -2.32. The fourth-order valence-electron chi connectivity index (χ4n) is 1.73. The maximum Gasteiger partial charge on any atom is 0.342 e. The zero-order valence-corrected chi connectivity index (χ0v) is 10.4. The highest BCUT2D eigenvalue weighted by Crippen LogP contribution is 2.22. The van der Waals surface area contributed by atoms with Crippen molar-refractivity contribution in [2.24, 2.45) is 5.73 Å². The number of alkyl halides is 1. The van der Waals surface area contributed by atoms with E-state index < -0.39 is 18.2 Å². The molecule has 0 bridgehead atoms. The minimum atomic E-state index is -1.82. The van der Waals surface area contributed by atoms with Crippen molar-refractivity contribution in [2.75, 3.05) is 6.61 Å². The molecule has 0 radical (unpaired) electrons. The summed E-state index contributed by atoms with van der Waals surface area (Å²) in [6.07, 6.45) is -1.82. The Morgan fingerprint density at radius 2 is 2.12 bits per heavy atom. The molecule has 94 valence electrons. The van der Waals surface area contributed by atoms with Crippen molar-refractivity contribution >= 4 is 5.97 Å². The van der Waals surface area contributed by atoms with Crippen LogP contribution < -0.4 is 5.73 Å². The fourth-order valence-corrected chi connectivity index (χ4v) is 1.73. The quantitative estimate of drug-likeness (QED) is 0.819. The first-order chi connectivity index (χ1) is 7.97. The summed E-state index contributed by atoms with van der Waals surface area (Å²) in [6.45, 7) is 5.58. The second kappa shape index (κ2) is 5.77. The molecule has 0 fully saturated rings. The highest BCUT2D eigenvalue weighted by molar-refractivity contribution is 5.75. The van der Waals surface area contributed by atoms with Crippen LogP contribution in [-0.2, 0) is 9.53 Å². The molecule has 0 saturated carbocycles. The zero-order valence-electron chi connectivity index (χ0n) is 10.4. The second-order valence-corrected chi connectivity index (χ2v) is 4.04. The van der Waals surface area contributed by atoms with Gasteiger partial charge < -0.3 is 10.5 Å². The standard InChI is InChI=1S/C13H18FNO2/c1-4-17-13(16)11(14)12(15)10-6-5-8(2)7-9(10)3/h5-7,11-12H,4,15H2,1-3H3/t11?,12-/m0/s1. The minimum absolute atomic E-state index is 0.152. The van der Waals surface area contributed by atoms with E-state index in [4.69, 9.17) is 5.73 Å². The van der Waals surface area contributed by atoms with Gasteiger partial charge in [-0.15, -0.1) is 0 Å². The van der Waals surface area contributed by atoms with Gasteiger partial charge >= 0.3 is 5.97 Å². The van der Waals surface area contributed by atoms with Gasteiger partial charge in [-0.1, -0.05) is 23.8 Å². The van der Waals surface area contributed by atoms with E-state index in [1.165, 1.54) is 0 Å². The molecule has 0 spiro atoms. The van der Waals surface area contributed by atoms with Gasteiger partial charge in [-0.25, -0.2) is 9.18 Å². The van der Waals surface area contributed by atoms with Gasteiger partial charge in [-0.3, -0.25) is 0 Å². The predicted molar refractivity (Wildman–Crippen MR) is 64.4 cm³/mol. The van der Waals surface area contributed by atoms with Crippen LogP contribution in [0.15, 0.2) is 18.2 Å². The van der Waals surface area contributed by atoms with E-state index in [-0.39, 0.29) is 6.61 Å². The molecule has 0 aliphatic rings. The SMILES string of the molecule is CCOC(=O)C(F)[C@@H](N)c1ccc(C)cc1C. The third-order valence-electron chi connectivity index (χ3n) is 2.61. The van der Waals surface area contributed by atoms with E-state index in [9.17, 15) is 9.18 Å². The Kier molecular flexibility index (Phi) is 4.63. The number of halogens is 1. The number of hydrogen-bond donors (Lipinski definition) is 1. The lowest BCUT2D eigenvalue weighted by Gasteiger charge is -2.18. The Morgan fingerprint density at radius 3 is 2.65 bits per heavy atom. The summed E-state index contributed by atoms with van der Waals surface area (Å²) in [6, 6.07) is 4.53. The molecule has 0 aromatic heterocycles. The Bertz CT molecular complexity index is 406. The number of carbonyl (C=O) groups is 1. The molecule has 2 N–H and O–H groups in total. The van der Waals surface area contributed by atoms with E-state index >= 15 is 0 Å². The number of benzene rings is 1. The summed E-state index contributed by atoms with van der Waals surface area (Å²) < 4.78 is 18.4. The Balaban J connectivity index is 2.88. The molecule has 1 unspecified atom stereocenters. The molecule has 0 saturated heterocycles. The van der Waals surface area contributed by atoms with E-state index in [1.54, 1.807) is 13.0 Å². The number of esters is 1. The molecule has 0 aliphatic heterocycles. The predicted octanol–water partition coefficient (Wildman–Crippen LogP) is 2.20. The Morgan fingerprint density at radius 1 is 1.47 bits per heavy atom. The van der Waals surface area contributed by atoms with Crippen LogP contribution in [0.3, 0.4) is 0 Å². The number of nitrogens with two attached hydrogens (primary N) is 1. The lowest BCUT2D eigenvalue weighted by molar-refractivity contribution is -0.149. The number of ether oxygens (including phenoxy) is 1. The van der Waals surface area contributed by atoms with Gasteiger partial charge in [0.05, 0.1) is 12.6 Å². The third-order valence-corrected chi connectivity index (χ3v) is 2.61. The van der Waals surface area contributed by atoms with Crippen LogP contribution in [0.5, 0.6) is 0 Å².